The number of terminal acetylenes is 1. The van der Waals surface area contributed by atoms with Gasteiger partial charge in [-0.25, -0.2) is 4.99 Å². The zero-order valence-electron chi connectivity index (χ0n) is 16.5. The van der Waals surface area contributed by atoms with Gasteiger partial charge in [0, 0.05) is 4.47 Å². The topological polar surface area (TPSA) is 59.9 Å². The summed E-state index contributed by atoms with van der Waals surface area (Å²) in [4.78, 5) is 17.5. The van der Waals surface area contributed by atoms with Crippen LogP contribution in [0.3, 0.4) is 0 Å². The number of nitrogens with zero attached hydrogens (tertiary/aromatic N) is 1. The molecule has 0 saturated carbocycles. The van der Waals surface area contributed by atoms with Crippen molar-refractivity contribution in [3.8, 4) is 23.8 Å². The lowest BCUT2D eigenvalue weighted by Gasteiger charge is -2.11. The minimum atomic E-state index is -0.230. The van der Waals surface area contributed by atoms with Gasteiger partial charge in [-0.2, -0.15) is 0 Å². The van der Waals surface area contributed by atoms with Crippen molar-refractivity contribution in [2.24, 2.45) is 4.99 Å². The molecule has 30 heavy (non-hydrogen) atoms. The number of rotatable bonds is 5. The Hall–Kier alpha value is -2.40. The Balaban J connectivity index is 1.88. The van der Waals surface area contributed by atoms with E-state index in [9.17, 15) is 4.79 Å². The molecule has 0 atom stereocenters. The molecule has 2 aromatic rings. The van der Waals surface area contributed by atoms with Crippen LogP contribution < -0.4 is 14.8 Å². The zero-order chi connectivity index (χ0) is 21.8. The average molecular weight is 506 g/mol. The molecule has 0 bridgehead atoms. The molecule has 0 aromatic heterocycles. The highest BCUT2D eigenvalue weighted by atomic mass is 79.9. The lowest BCUT2D eigenvalue weighted by molar-refractivity contribution is -0.115. The van der Waals surface area contributed by atoms with Gasteiger partial charge in [-0.15, -0.1) is 6.42 Å². The van der Waals surface area contributed by atoms with E-state index in [4.69, 9.17) is 27.5 Å². The van der Waals surface area contributed by atoms with Gasteiger partial charge in [-0.05, 0) is 72.6 Å². The number of hydrogen-bond acceptors (Lipinski definition) is 5. The first-order valence-electron chi connectivity index (χ1n) is 8.82. The molecule has 1 heterocycles. The van der Waals surface area contributed by atoms with Gasteiger partial charge in [-0.3, -0.25) is 4.79 Å². The molecule has 1 amide bonds. The summed E-state index contributed by atoms with van der Waals surface area (Å²) < 4.78 is 11.8. The lowest BCUT2D eigenvalue weighted by Crippen LogP contribution is -2.19. The van der Waals surface area contributed by atoms with E-state index in [1.807, 2.05) is 26.0 Å². The number of thioether (sulfide) groups is 1. The third kappa shape index (κ3) is 5.01. The molecule has 1 aliphatic rings. The molecule has 1 saturated heterocycles. The molecule has 1 aliphatic heterocycles. The molecule has 0 radical (unpaired) electrons. The van der Waals surface area contributed by atoms with Crippen molar-refractivity contribution in [3.63, 3.8) is 0 Å². The summed E-state index contributed by atoms with van der Waals surface area (Å²) in [5.41, 5.74) is 3.62. The monoisotopic (exact) mass is 504 g/mol. The van der Waals surface area contributed by atoms with E-state index in [2.05, 4.69) is 32.2 Å². The summed E-state index contributed by atoms with van der Waals surface area (Å²) in [6.07, 6.45) is 6.96. The van der Waals surface area contributed by atoms with Crippen LogP contribution >= 0.6 is 39.3 Å². The predicted molar refractivity (Wildman–Crippen MR) is 127 cm³/mol. The second-order valence-corrected chi connectivity index (χ2v) is 8.63. The Morgan fingerprint density at radius 3 is 2.63 bits per heavy atom. The summed E-state index contributed by atoms with van der Waals surface area (Å²) >= 11 is 11.1. The Bertz CT molecular complexity index is 1100. The highest BCUT2D eigenvalue weighted by molar-refractivity contribution is 9.10. The maximum Gasteiger partial charge on any atom is 0.264 e. The molecule has 1 fully saturated rings. The normalized spacial score (nSPS) is 15.9. The number of amides is 1. The van der Waals surface area contributed by atoms with Crippen LogP contribution in [0.1, 0.15) is 16.7 Å². The summed E-state index contributed by atoms with van der Waals surface area (Å²) in [7, 11) is 1.51. The van der Waals surface area contributed by atoms with Gasteiger partial charge in [0.15, 0.2) is 16.7 Å². The number of carbonyl (C=O) groups is 1. The molecule has 5 nitrogen and oxygen atoms in total. The Morgan fingerprint density at radius 2 is 2.00 bits per heavy atom. The molecule has 1 N–H and O–H groups in total. The number of methoxy groups -OCH3 is 1. The first kappa shape index (κ1) is 22.3. The van der Waals surface area contributed by atoms with Gasteiger partial charge in [0.2, 0.25) is 0 Å². The Labute approximate surface area is 193 Å². The highest BCUT2D eigenvalue weighted by Gasteiger charge is 2.24. The number of nitrogens with one attached hydrogen (secondary N) is 1. The van der Waals surface area contributed by atoms with Crippen LogP contribution in [0, 0.1) is 26.2 Å². The SMILES string of the molecule is C#CCOc1c(Cl)cc(/C=C2\SC(=Nc3cc(C)c(Br)c(C)c3)NC2=O)cc1OC. The maximum atomic E-state index is 12.4. The number of aryl methyl sites for hydroxylation is 2. The molecule has 0 spiro atoms. The van der Waals surface area contributed by atoms with Gasteiger partial charge >= 0.3 is 0 Å². The second kappa shape index (κ2) is 9.61. The van der Waals surface area contributed by atoms with E-state index >= 15 is 0 Å². The van der Waals surface area contributed by atoms with Gasteiger partial charge in [0.05, 0.1) is 22.7 Å². The number of carbonyl (C=O) groups excluding carboxylic acids is 1. The van der Waals surface area contributed by atoms with Crippen molar-refractivity contribution in [1.82, 2.24) is 5.32 Å². The molecule has 2 aromatic carbocycles. The fraction of sp³-hybridized carbons (Fsp3) is 0.182. The van der Waals surface area contributed by atoms with Crippen molar-refractivity contribution in [2.75, 3.05) is 13.7 Å². The van der Waals surface area contributed by atoms with E-state index in [1.165, 1.54) is 18.9 Å². The maximum absolute atomic E-state index is 12.4. The molecule has 0 unspecified atom stereocenters. The minimum absolute atomic E-state index is 0.0730. The standard InChI is InChI=1S/C22H18BrClN2O3S/c1-5-6-29-20-16(24)9-14(10-17(20)28-4)11-18-21(27)26-22(30-18)25-15-7-12(2)19(23)13(3)8-15/h1,7-11H,6H2,2-4H3,(H,25,26,27)/b18-11-. The first-order valence-corrected chi connectivity index (χ1v) is 10.8. The summed E-state index contributed by atoms with van der Waals surface area (Å²) in [6, 6.07) is 7.33. The fourth-order valence-corrected chi connectivity index (χ4v) is 4.16. The van der Waals surface area contributed by atoms with Crippen molar-refractivity contribution < 1.29 is 14.3 Å². The Kier molecular flexibility index (Phi) is 7.14. The van der Waals surface area contributed by atoms with Crippen LogP contribution in [0.25, 0.3) is 6.08 Å². The van der Waals surface area contributed by atoms with Gasteiger partial charge in [0.25, 0.3) is 5.91 Å². The van der Waals surface area contributed by atoms with Crippen molar-refractivity contribution in [3.05, 3.63) is 55.4 Å². The molecule has 154 valence electrons. The lowest BCUT2D eigenvalue weighted by atomic mass is 10.1. The van der Waals surface area contributed by atoms with E-state index < -0.39 is 0 Å². The summed E-state index contributed by atoms with van der Waals surface area (Å²) in [5, 5.41) is 3.65. The Morgan fingerprint density at radius 1 is 1.30 bits per heavy atom. The summed E-state index contributed by atoms with van der Waals surface area (Å²) in [5.74, 6) is 2.96. The zero-order valence-corrected chi connectivity index (χ0v) is 19.7. The molecule has 8 heteroatoms. The van der Waals surface area contributed by atoms with E-state index in [0.29, 0.717) is 32.2 Å². The molecule has 3 rings (SSSR count). The van der Waals surface area contributed by atoms with Gasteiger partial charge < -0.3 is 14.8 Å². The van der Waals surface area contributed by atoms with Crippen LogP contribution in [-0.2, 0) is 4.79 Å². The largest absolute Gasteiger partial charge is 0.493 e. The molecular weight excluding hydrogens is 488 g/mol. The van der Waals surface area contributed by atoms with Crippen LogP contribution in [0.5, 0.6) is 11.5 Å². The number of halogens is 2. The van der Waals surface area contributed by atoms with Crippen molar-refractivity contribution >= 4 is 62.1 Å². The fourth-order valence-electron chi connectivity index (χ4n) is 2.81. The number of amidine groups is 1. The van der Waals surface area contributed by atoms with Gasteiger partial charge in [-0.1, -0.05) is 33.5 Å². The quantitative estimate of drug-likeness (QED) is 0.422. The number of hydrogen-bond donors (Lipinski definition) is 1. The van der Waals surface area contributed by atoms with E-state index in [1.54, 1.807) is 18.2 Å². The highest BCUT2D eigenvalue weighted by Crippen LogP contribution is 2.38. The van der Waals surface area contributed by atoms with Crippen LogP contribution in [0.2, 0.25) is 5.02 Å². The average Bonchev–Trinajstić information content (AvgIpc) is 3.03. The third-order valence-corrected chi connectivity index (χ3v) is 6.59. The number of benzene rings is 2. The minimum Gasteiger partial charge on any atom is -0.493 e. The van der Waals surface area contributed by atoms with Crippen LogP contribution in [0.4, 0.5) is 5.69 Å². The smallest absolute Gasteiger partial charge is 0.264 e. The second-order valence-electron chi connectivity index (χ2n) is 6.40. The van der Waals surface area contributed by atoms with Crippen molar-refractivity contribution in [1.29, 1.82) is 0 Å². The third-order valence-electron chi connectivity index (χ3n) is 4.15. The first-order chi connectivity index (χ1) is 14.3. The van der Waals surface area contributed by atoms with Crippen molar-refractivity contribution in [2.45, 2.75) is 13.8 Å². The van der Waals surface area contributed by atoms with Gasteiger partial charge in [0.1, 0.15) is 6.61 Å². The van der Waals surface area contributed by atoms with Crippen LogP contribution in [-0.4, -0.2) is 24.8 Å². The predicted octanol–water partition coefficient (Wildman–Crippen LogP) is 5.63. The number of aliphatic imine (C=N–C) groups is 1. The van der Waals surface area contributed by atoms with E-state index in [-0.39, 0.29) is 12.5 Å². The molecular formula is C22H18BrClN2O3S. The van der Waals surface area contributed by atoms with E-state index in [0.717, 1.165) is 21.3 Å². The number of ether oxygens (including phenoxy) is 2. The summed E-state index contributed by atoms with van der Waals surface area (Å²) in [6.45, 7) is 4.07. The van der Waals surface area contributed by atoms with Crippen LogP contribution in [0.15, 0.2) is 38.6 Å². The molecule has 0 aliphatic carbocycles.